The second-order valence-electron chi connectivity index (χ2n) is 4.72. The molecule has 22 heavy (non-hydrogen) atoms. The largest absolute Gasteiger partial charge is 0.497 e. The number of hydrogen-bond acceptors (Lipinski definition) is 3. The van der Waals surface area contributed by atoms with Crippen molar-refractivity contribution < 1.29 is 9.47 Å². The lowest BCUT2D eigenvalue weighted by Gasteiger charge is -2.23. The summed E-state index contributed by atoms with van der Waals surface area (Å²) in [6.07, 6.45) is 5.11. The molecular weight excluding hydrogens is 282 g/mol. The first-order valence-electron chi connectivity index (χ1n) is 6.93. The van der Waals surface area contributed by atoms with Gasteiger partial charge in [-0.05, 0) is 6.42 Å². The third-order valence-electron chi connectivity index (χ3n) is 3.19. The van der Waals surface area contributed by atoms with E-state index in [1.807, 2.05) is 11.0 Å². The van der Waals surface area contributed by atoms with Crippen LogP contribution in [0.4, 0.5) is 5.69 Å². The summed E-state index contributed by atoms with van der Waals surface area (Å²) in [5.74, 6) is 1.70. The number of hydrogen-bond donors (Lipinski definition) is 2. The van der Waals surface area contributed by atoms with Crippen LogP contribution < -0.4 is 20.9 Å². The van der Waals surface area contributed by atoms with Gasteiger partial charge in [0, 0.05) is 31.3 Å². The molecule has 0 fully saturated rings. The fraction of sp³-hybridized carbons (Fsp3) is 0.333. The van der Waals surface area contributed by atoms with Crippen LogP contribution in [0.15, 0.2) is 40.3 Å². The number of guanidine groups is 2. The minimum atomic E-state index is 0.0855. The Balaban J connectivity index is 2.19. The molecule has 0 bridgehead atoms. The number of rotatable bonds is 3. The Kier molecular flexibility index (Phi) is 5.24. The topological polar surface area (TPSA) is 98.5 Å². The van der Waals surface area contributed by atoms with E-state index in [1.54, 1.807) is 32.4 Å². The van der Waals surface area contributed by atoms with Crippen LogP contribution in [0.1, 0.15) is 6.42 Å². The van der Waals surface area contributed by atoms with Crippen LogP contribution in [0.3, 0.4) is 0 Å². The number of ether oxygens (including phenoxy) is 2. The minimum Gasteiger partial charge on any atom is -0.497 e. The average Bonchev–Trinajstić information content (AvgIpc) is 2.55. The van der Waals surface area contributed by atoms with Crippen LogP contribution in [0.2, 0.25) is 0 Å². The molecule has 1 aromatic rings. The Morgan fingerprint density at radius 2 is 1.77 bits per heavy atom. The van der Waals surface area contributed by atoms with Crippen molar-refractivity contribution in [3.8, 4) is 11.5 Å². The Labute approximate surface area is 129 Å². The zero-order valence-electron chi connectivity index (χ0n) is 12.8. The predicted octanol–water partition coefficient (Wildman–Crippen LogP) is 1.23. The maximum absolute atomic E-state index is 5.95. The monoisotopic (exact) mass is 303 g/mol. The van der Waals surface area contributed by atoms with Crippen molar-refractivity contribution in [2.45, 2.75) is 6.42 Å². The van der Waals surface area contributed by atoms with E-state index < -0.39 is 0 Å². The molecule has 0 unspecified atom stereocenters. The molecule has 1 aliphatic heterocycles. The molecule has 2 rings (SSSR count). The average molecular weight is 303 g/mol. The zero-order chi connectivity index (χ0) is 15.9. The van der Waals surface area contributed by atoms with E-state index in [-0.39, 0.29) is 5.96 Å². The van der Waals surface area contributed by atoms with Crippen LogP contribution in [0.5, 0.6) is 11.5 Å². The van der Waals surface area contributed by atoms with Gasteiger partial charge in [0.2, 0.25) is 5.96 Å². The first-order chi connectivity index (χ1) is 10.6. The molecule has 0 spiro atoms. The summed E-state index contributed by atoms with van der Waals surface area (Å²) >= 11 is 0. The second-order valence-corrected chi connectivity index (χ2v) is 4.72. The molecule has 1 heterocycles. The van der Waals surface area contributed by atoms with Crippen LogP contribution in [-0.2, 0) is 0 Å². The highest BCUT2D eigenvalue weighted by Crippen LogP contribution is 2.27. The molecule has 0 saturated heterocycles. The Hall–Kier alpha value is -2.70. The smallest absolute Gasteiger partial charge is 0.223 e. The molecule has 0 radical (unpaired) electrons. The summed E-state index contributed by atoms with van der Waals surface area (Å²) in [6.45, 7) is 1.56. The van der Waals surface area contributed by atoms with Crippen molar-refractivity contribution in [2.75, 3.05) is 27.3 Å². The number of aliphatic imine (C=N–C) groups is 2. The molecule has 0 saturated carbocycles. The molecule has 1 aromatic carbocycles. The zero-order valence-corrected chi connectivity index (χ0v) is 12.8. The van der Waals surface area contributed by atoms with Crippen LogP contribution in [-0.4, -0.2) is 44.1 Å². The van der Waals surface area contributed by atoms with Crippen molar-refractivity contribution >= 4 is 17.6 Å². The van der Waals surface area contributed by atoms with Gasteiger partial charge in [0.05, 0.1) is 19.9 Å². The molecule has 7 heteroatoms. The van der Waals surface area contributed by atoms with Gasteiger partial charge in [0.15, 0.2) is 5.96 Å². The first-order valence-corrected chi connectivity index (χ1v) is 6.93. The summed E-state index contributed by atoms with van der Waals surface area (Å²) in [5.41, 5.74) is 12.4. The Bertz CT molecular complexity index is 588. The summed E-state index contributed by atoms with van der Waals surface area (Å²) in [4.78, 5) is 10.3. The highest BCUT2D eigenvalue weighted by atomic mass is 16.5. The van der Waals surface area contributed by atoms with E-state index in [1.165, 1.54) is 0 Å². The minimum absolute atomic E-state index is 0.0855. The van der Waals surface area contributed by atoms with Gasteiger partial charge in [-0.1, -0.05) is 12.2 Å². The Morgan fingerprint density at radius 1 is 1.09 bits per heavy atom. The van der Waals surface area contributed by atoms with Gasteiger partial charge >= 0.3 is 0 Å². The predicted molar refractivity (Wildman–Crippen MR) is 87.8 cm³/mol. The summed E-state index contributed by atoms with van der Waals surface area (Å²) < 4.78 is 10.4. The van der Waals surface area contributed by atoms with E-state index in [9.17, 15) is 0 Å². The van der Waals surface area contributed by atoms with Gasteiger partial charge in [-0.2, -0.15) is 4.99 Å². The van der Waals surface area contributed by atoms with E-state index in [0.29, 0.717) is 23.1 Å². The van der Waals surface area contributed by atoms with Crippen LogP contribution in [0.25, 0.3) is 0 Å². The van der Waals surface area contributed by atoms with Gasteiger partial charge < -0.3 is 25.8 Å². The van der Waals surface area contributed by atoms with E-state index in [4.69, 9.17) is 20.9 Å². The van der Waals surface area contributed by atoms with Gasteiger partial charge in [-0.15, -0.1) is 0 Å². The van der Waals surface area contributed by atoms with Gasteiger partial charge in [0.25, 0.3) is 0 Å². The number of nitrogens with zero attached hydrogens (tertiary/aromatic N) is 3. The summed E-state index contributed by atoms with van der Waals surface area (Å²) in [7, 11) is 3.15. The maximum atomic E-state index is 5.95. The maximum Gasteiger partial charge on any atom is 0.223 e. The molecule has 1 aliphatic rings. The number of benzene rings is 1. The third kappa shape index (κ3) is 4.15. The third-order valence-corrected chi connectivity index (χ3v) is 3.19. The lowest BCUT2D eigenvalue weighted by atomic mass is 10.3. The van der Waals surface area contributed by atoms with Crippen molar-refractivity contribution in [1.29, 1.82) is 0 Å². The fourth-order valence-corrected chi connectivity index (χ4v) is 2.05. The first kappa shape index (κ1) is 15.7. The summed E-state index contributed by atoms with van der Waals surface area (Å²) in [6, 6.07) is 5.24. The van der Waals surface area contributed by atoms with Gasteiger partial charge in [-0.25, -0.2) is 4.99 Å². The SMILES string of the molecule is COc1cc(N=C(N)N=C(N)N2CC=CCC2)cc(OC)c1. The molecule has 0 aromatic heterocycles. The second kappa shape index (κ2) is 7.35. The van der Waals surface area contributed by atoms with Crippen molar-refractivity contribution in [3.63, 3.8) is 0 Å². The molecular formula is C15H21N5O2. The highest BCUT2D eigenvalue weighted by Gasteiger charge is 2.09. The number of nitrogens with two attached hydrogens (primary N) is 2. The van der Waals surface area contributed by atoms with E-state index in [0.717, 1.165) is 19.5 Å². The molecule has 118 valence electrons. The quantitative estimate of drug-likeness (QED) is 0.497. The van der Waals surface area contributed by atoms with E-state index in [2.05, 4.69) is 16.1 Å². The molecule has 0 aliphatic carbocycles. The van der Waals surface area contributed by atoms with Crippen LogP contribution >= 0.6 is 0 Å². The van der Waals surface area contributed by atoms with Crippen molar-refractivity contribution in [1.82, 2.24) is 4.90 Å². The normalized spacial score (nSPS) is 15.8. The summed E-state index contributed by atoms with van der Waals surface area (Å²) in [5, 5.41) is 0. The van der Waals surface area contributed by atoms with E-state index >= 15 is 0 Å². The van der Waals surface area contributed by atoms with Crippen molar-refractivity contribution in [2.24, 2.45) is 21.5 Å². The molecule has 4 N–H and O–H groups in total. The standard InChI is InChI=1S/C15H21N5O2/c1-21-12-8-11(9-13(10-12)22-2)18-14(16)19-15(17)20-6-4-3-5-7-20/h3-4,8-10H,5-7H2,1-2H3,(H4,16,17,18,19). The lowest BCUT2D eigenvalue weighted by Crippen LogP contribution is -2.40. The van der Waals surface area contributed by atoms with Gasteiger partial charge in [0.1, 0.15) is 11.5 Å². The molecule has 0 atom stereocenters. The Morgan fingerprint density at radius 3 is 2.32 bits per heavy atom. The van der Waals surface area contributed by atoms with Gasteiger partial charge in [-0.3, -0.25) is 0 Å². The highest BCUT2D eigenvalue weighted by molar-refractivity contribution is 5.94. The lowest BCUT2D eigenvalue weighted by molar-refractivity contribution is 0.394. The fourth-order valence-electron chi connectivity index (χ4n) is 2.05. The molecule has 0 amide bonds. The van der Waals surface area contributed by atoms with Crippen LogP contribution in [0, 0.1) is 0 Å². The molecule has 7 nitrogen and oxygen atoms in total. The number of methoxy groups -OCH3 is 2. The van der Waals surface area contributed by atoms with Crippen molar-refractivity contribution in [3.05, 3.63) is 30.4 Å².